The van der Waals surface area contributed by atoms with Crippen molar-refractivity contribution in [1.29, 1.82) is 0 Å². The van der Waals surface area contributed by atoms with Crippen molar-refractivity contribution in [2.45, 2.75) is 25.4 Å². The second kappa shape index (κ2) is 10.0. The number of benzene rings is 1. The van der Waals surface area contributed by atoms with Crippen LogP contribution in [0.4, 0.5) is 5.69 Å². The lowest BCUT2D eigenvalue weighted by Crippen LogP contribution is -2.43. The van der Waals surface area contributed by atoms with Crippen molar-refractivity contribution >= 4 is 17.5 Å². The fraction of sp³-hybridized carbons (Fsp3) is 0.409. The largest absolute Gasteiger partial charge is 0.378 e. The predicted octanol–water partition coefficient (Wildman–Crippen LogP) is 1.72. The predicted molar refractivity (Wildman–Crippen MR) is 113 cm³/mol. The highest BCUT2D eigenvalue weighted by atomic mass is 16.2. The van der Waals surface area contributed by atoms with E-state index in [9.17, 15) is 9.59 Å². The minimum absolute atomic E-state index is 0.0591. The van der Waals surface area contributed by atoms with Crippen LogP contribution < -0.4 is 15.5 Å². The summed E-state index contributed by atoms with van der Waals surface area (Å²) < 4.78 is 0. The molecule has 1 aromatic heterocycles. The van der Waals surface area contributed by atoms with E-state index in [1.807, 2.05) is 20.2 Å². The van der Waals surface area contributed by atoms with Crippen LogP contribution in [0.3, 0.4) is 0 Å². The molecule has 0 aliphatic carbocycles. The van der Waals surface area contributed by atoms with Crippen LogP contribution in [-0.4, -0.2) is 55.4 Å². The third-order valence-electron chi connectivity index (χ3n) is 5.21. The minimum atomic E-state index is -0.628. The maximum atomic E-state index is 12.3. The smallest absolute Gasteiger partial charge is 0.309 e. The summed E-state index contributed by atoms with van der Waals surface area (Å²) in [5.74, 6) is -1.24. The molecule has 2 heterocycles. The van der Waals surface area contributed by atoms with Crippen molar-refractivity contribution in [1.82, 2.24) is 20.5 Å². The molecule has 154 valence electrons. The van der Waals surface area contributed by atoms with Crippen molar-refractivity contribution in [2.24, 2.45) is 0 Å². The number of aromatic nitrogens is 1. The lowest BCUT2D eigenvalue weighted by molar-refractivity contribution is -0.139. The van der Waals surface area contributed by atoms with E-state index in [1.54, 1.807) is 18.5 Å². The topological polar surface area (TPSA) is 77.6 Å². The lowest BCUT2D eigenvalue weighted by atomic mass is 10.0. The van der Waals surface area contributed by atoms with Crippen LogP contribution in [0.5, 0.6) is 0 Å². The molecular formula is C22H29N5O2. The Kier molecular flexibility index (Phi) is 7.19. The van der Waals surface area contributed by atoms with Crippen molar-refractivity contribution in [3.05, 3.63) is 59.9 Å². The van der Waals surface area contributed by atoms with Gasteiger partial charge in [0.05, 0.1) is 6.04 Å². The number of pyridine rings is 1. The summed E-state index contributed by atoms with van der Waals surface area (Å²) >= 11 is 0. The Morgan fingerprint density at radius 1 is 1.07 bits per heavy atom. The van der Waals surface area contributed by atoms with Crippen LogP contribution in [0.15, 0.2) is 48.8 Å². The summed E-state index contributed by atoms with van der Waals surface area (Å²) in [5.41, 5.74) is 3.13. The number of nitrogens with zero attached hydrogens (tertiary/aromatic N) is 3. The average molecular weight is 396 g/mol. The number of hydrogen-bond acceptors (Lipinski definition) is 5. The van der Waals surface area contributed by atoms with Crippen molar-refractivity contribution in [3.63, 3.8) is 0 Å². The molecule has 1 aliphatic heterocycles. The number of nitrogens with one attached hydrogen (secondary N) is 2. The van der Waals surface area contributed by atoms with Gasteiger partial charge in [-0.15, -0.1) is 0 Å². The van der Waals surface area contributed by atoms with Gasteiger partial charge in [0, 0.05) is 45.3 Å². The van der Waals surface area contributed by atoms with Gasteiger partial charge in [-0.05, 0) is 55.3 Å². The molecule has 3 rings (SSSR count). The number of amides is 2. The summed E-state index contributed by atoms with van der Waals surface area (Å²) in [4.78, 5) is 32.9. The molecule has 1 saturated heterocycles. The molecule has 2 N–H and O–H groups in total. The van der Waals surface area contributed by atoms with Gasteiger partial charge in [-0.25, -0.2) is 0 Å². The van der Waals surface area contributed by atoms with Crippen LogP contribution >= 0.6 is 0 Å². The van der Waals surface area contributed by atoms with Gasteiger partial charge < -0.3 is 15.5 Å². The standard InChI is InChI=1S/C22H29N5O2/c1-26(2)19-9-7-18(8-10-19)20(27-12-3-4-13-27)16-25-22(29)21(28)24-15-17-6-5-11-23-14-17/h5-11,14,20H,3-4,12-13,15-16H2,1-2H3,(H,24,28)(H,25,29)/t20-/m1/s1. The highest BCUT2D eigenvalue weighted by Crippen LogP contribution is 2.26. The van der Waals surface area contributed by atoms with Crippen molar-refractivity contribution < 1.29 is 9.59 Å². The highest BCUT2D eigenvalue weighted by Gasteiger charge is 2.25. The lowest BCUT2D eigenvalue weighted by Gasteiger charge is -2.28. The first-order valence-electron chi connectivity index (χ1n) is 10.0. The highest BCUT2D eigenvalue weighted by molar-refractivity contribution is 6.35. The zero-order valence-electron chi connectivity index (χ0n) is 17.1. The Morgan fingerprint density at radius 2 is 1.76 bits per heavy atom. The number of carbonyl (C=O) groups excluding carboxylic acids is 2. The van der Waals surface area contributed by atoms with E-state index in [0.29, 0.717) is 6.54 Å². The molecular weight excluding hydrogens is 366 g/mol. The third-order valence-corrected chi connectivity index (χ3v) is 5.21. The van der Waals surface area contributed by atoms with E-state index in [-0.39, 0.29) is 12.6 Å². The monoisotopic (exact) mass is 395 g/mol. The molecule has 1 atom stereocenters. The summed E-state index contributed by atoms with van der Waals surface area (Å²) in [6, 6.07) is 12.1. The van der Waals surface area contributed by atoms with Crippen LogP contribution in [0, 0.1) is 0 Å². The molecule has 1 aromatic carbocycles. The van der Waals surface area contributed by atoms with Gasteiger partial charge in [-0.3, -0.25) is 19.5 Å². The maximum Gasteiger partial charge on any atom is 0.309 e. The molecule has 2 aromatic rings. The van der Waals surface area contributed by atoms with Crippen molar-refractivity contribution in [2.75, 3.05) is 38.6 Å². The molecule has 0 bridgehead atoms. The van der Waals surface area contributed by atoms with E-state index < -0.39 is 11.8 Å². The molecule has 29 heavy (non-hydrogen) atoms. The van der Waals surface area contributed by atoms with Gasteiger partial charge in [0.25, 0.3) is 0 Å². The number of anilines is 1. The molecule has 0 unspecified atom stereocenters. The van der Waals surface area contributed by atoms with Gasteiger partial charge >= 0.3 is 11.8 Å². The van der Waals surface area contributed by atoms with Gasteiger partial charge in [-0.2, -0.15) is 0 Å². The number of rotatable bonds is 7. The van der Waals surface area contributed by atoms with Gasteiger partial charge in [-0.1, -0.05) is 18.2 Å². The first-order chi connectivity index (χ1) is 14.0. The SMILES string of the molecule is CN(C)c1ccc([C@@H](CNC(=O)C(=O)NCc2cccnc2)N2CCCC2)cc1. The molecule has 0 radical (unpaired) electrons. The summed E-state index contributed by atoms with van der Waals surface area (Å²) in [6.45, 7) is 2.69. The molecule has 1 fully saturated rings. The number of hydrogen-bond donors (Lipinski definition) is 2. The van der Waals surface area contributed by atoms with E-state index in [0.717, 1.165) is 42.7 Å². The Hall–Kier alpha value is -2.93. The molecule has 1 aliphatic rings. The minimum Gasteiger partial charge on any atom is -0.378 e. The number of carbonyl (C=O) groups is 2. The Labute approximate surface area is 172 Å². The average Bonchev–Trinajstić information content (AvgIpc) is 3.27. The summed E-state index contributed by atoms with van der Waals surface area (Å²) in [6.07, 6.45) is 5.65. The van der Waals surface area contributed by atoms with Crippen LogP contribution in [0.2, 0.25) is 0 Å². The quantitative estimate of drug-likeness (QED) is 0.698. The second-order valence-corrected chi connectivity index (χ2v) is 7.50. The zero-order valence-corrected chi connectivity index (χ0v) is 17.1. The van der Waals surface area contributed by atoms with Gasteiger partial charge in [0.1, 0.15) is 0 Å². The van der Waals surface area contributed by atoms with E-state index >= 15 is 0 Å². The van der Waals surface area contributed by atoms with E-state index in [4.69, 9.17) is 0 Å². The van der Waals surface area contributed by atoms with Crippen LogP contribution in [0.25, 0.3) is 0 Å². The number of likely N-dealkylation sites (tertiary alicyclic amines) is 1. The fourth-order valence-electron chi connectivity index (χ4n) is 3.54. The Bertz CT molecular complexity index is 802. The summed E-state index contributed by atoms with van der Waals surface area (Å²) in [5, 5.41) is 5.45. The first kappa shape index (κ1) is 20.8. The molecule has 0 saturated carbocycles. The van der Waals surface area contributed by atoms with E-state index in [1.165, 1.54) is 0 Å². The summed E-state index contributed by atoms with van der Waals surface area (Å²) in [7, 11) is 4.02. The molecule has 0 spiro atoms. The van der Waals surface area contributed by atoms with Gasteiger partial charge in [0.2, 0.25) is 0 Å². The van der Waals surface area contributed by atoms with Gasteiger partial charge in [0.15, 0.2) is 0 Å². The van der Waals surface area contributed by atoms with Crippen molar-refractivity contribution in [3.8, 4) is 0 Å². The molecule has 7 heteroatoms. The molecule has 2 amide bonds. The Balaban J connectivity index is 1.59. The molecule has 7 nitrogen and oxygen atoms in total. The maximum absolute atomic E-state index is 12.3. The van der Waals surface area contributed by atoms with Crippen LogP contribution in [-0.2, 0) is 16.1 Å². The normalized spacial score (nSPS) is 15.0. The fourth-order valence-corrected chi connectivity index (χ4v) is 3.54. The second-order valence-electron chi connectivity index (χ2n) is 7.50. The van der Waals surface area contributed by atoms with E-state index in [2.05, 4.69) is 49.7 Å². The van der Waals surface area contributed by atoms with Crippen LogP contribution in [0.1, 0.15) is 30.0 Å². The Morgan fingerprint density at radius 3 is 2.38 bits per heavy atom. The zero-order chi connectivity index (χ0) is 20.6. The third kappa shape index (κ3) is 5.77. The first-order valence-corrected chi connectivity index (χ1v) is 10.0.